The van der Waals surface area contributed by atoms with Crippen LogP contribution in [0, 0.1) is 6.92 Å². The molecule has 0 N–H and O–H groups in total. The van der Waals surface area contributed by atoms with Gasteiger partial charge < -0.3 is 4.74 Å². The van der Waals surface area contributed by atoms with Crippen molar-refractivity contribution in [2.45, 2.75) is 13.5 Å². The molecule has 1 aromatic carbocycles. The summed E-state index contributed by atoms with van der Waals surface area (Å²) in [5.41, 5.74) is 0.529. The van der Waals surface area contributed by atoms with Crippen LogP contribution in [0.15, 0.2) is 12.1 Å². The van der Waals surface area contributed by atoms with E-state index >= 15 is 0 Å². The second-order valence-electron chi connectivity index (χ2n) is 2.36. The van der Waals surface area contributed by atoms with Gasteiger partial charge in [-0.05, 0) is 24.6 Å². The Morgan fingerprint density at radius 1 is 1.31 bits per heavy atom. The highest BCUT2D eigenvalue weighted by Crippen LogP contribution is 2.33. The van der Waals surface area contributed by atoms with E-state index in [-0.39, 0.29) is 10.8 Å². The first-order valence-electron chi connectivity index (χ1n) is 3.41. The van der Waals surface area contributed by atoms with Crippen LogP contribution in [-0.4, -0.2) is 6.61 Å². The maximum Gasteiger partial charge on any atom is 0.387 e. The number of benzene rings is 1. The van der Waals surface area contributed by atoms with E-state index in [2.05, 4.69) is 4.74 Å². The summed E-state index contributed by atoms with van der Waals surface area (Å²) in [4.78, 5) is 0. The van der Waals surface area contributed by atoms with Crippen molar-refractivity contribution < 1.29 is 13.5 Å². The molecule has 0 aromatic heterocycles. The van der Waals surface area contributed by atoms with Gasteiger partial charge in [-0.3, -0.25) is 0 Å². The predicted octanol–water partition coefficient (Wildman–Crippen LogP) is 3.90. The fourth-order valence-electron chi connectivity index (χ4n) is 0.824. The zero-order chi connectivity index (χ0) is 10.0. The largest absolute Gasteiger partial charge is 0.433 e. The zero-order valence-corrected chi connectivity index (χ0v) is 8.16. The quantitative estimate of drug-likeness (QED) is 0.744. The lowest BCUT2D eigenvalue weighted by molar-refractivity contribution is -0.0498. The van der Waals surface area contributed by atoms with Gasteiger partial charge >= 0.3 is 6.61 Å². The summed E-state index contributed by atoms with van der Waals surface area (Å²) < 4.78 is 27.8. The van der Waals surface area contributed by atoms with Crippen LogP contribution in [0.5, 0.6) is 5.75 Å². The Morgan fingerprint density at radius 2 is 1.92 bits per heavy atom. The first-order valence-corrected chi connectivity index (χ1v) is 4.17. The van der Waals surface area contributed by atoms with Gasteiger partial charge in [0, 0.05) is 5.02 Å². The summed E-state index contributed by atoms with van der Waals surface area (Å²) in [5.74, 6) is -0.0569. The molecule has 0 unspecified atom stereocenters. The van der Waals surface area contributed by atoms with E-state index in [0.717, 1.165) is 0 Å². The van der Waals surface area contributed by atoms with Gasteiger partial charge in [0.25, 0.3) is 0 Å². The molecule has 13 heavy (non-hydrogen) atoms. The average molecular weight is 227 g/mol. The lowest BCUT2D eigenvalue weighted by Crippen LogP contribution is -2.02. The second kappa shape index (κ2) is 4.11. The van der Waals surface area contributed by atoms with E-state index in [1.54, 1.807) is 6.92 Å². The molecule has 0 aliphatic carbocycles. The lowest BCUT2D eigenvalue weighted by Gasteiger charge is -2.08. The molecule has 5 heteroatoms. The molecule has 0 saturated heterocycles. The van der Waals surface area contributed by atoms with Gasteiger partial charge in [0.05, 0.1) is 5.02 Å². The van der Waals surface area contributed by atoms with Crippen LogP contribution in [0.4, 0.5) is 8.78 Å². The molecule has 0 amide bonds. The van der Waals surface area contributed by atoms with Gasteiger partial charge in [-0.1, -0.05) is 23.2 Å². The van der Waals surface area contributed by atoms with Gasteiger partial charge in [0.1, 0.15) is 5.75 Å². The predicted molar refractivity (Wildman–Crippen MR) is 47.8 cm³/mol. The summed E-state index contributed by atoms with van der Waals surface area (Å²) in [6.07, 6.45) is 0. The van der Waals surface area contributed by atoms with Crippen LogP contribution in [0.3, 0.4) is 0 Å². The second-order valence-corrected chi connectivity index (χ2v) is 3.15. The van der Waals surface area contributed by atoms with Crippen LogP contribution in [0.2, 0.25) is 10.0 Å². The Bertz CT molecular complexity index is 315. The summed E-state index contributed by atoms with van der Waals surface area (Å²) in [6.45, 7) is -1.25. The third-order valence-electron chi connectivity index (χ3n) is 1.50. The molecule has 0 spiro atoms. The highest BCUT2D eigenvalue weighted by molar-refractivity contribution is 6.36. The monoisotopic (exact) mass is 226 g/mol. The van der Waals surface area contributed by atoms with Crippen molar-refractivity contribution in [1.29, 1.82) is 0 Å². The molecule has 0 aliphatic heterocycles. The minimum atomic E-state index is -2.88. The topological polar surface area (TPSA) is 9.23 Å². The normalized spacial score (nSPS) is 10.6. The van der Waals surface area contributed by atoms with E-state index < -0.39 is 6.61 Å². The Hall–Kier alpha value is -0.540. The Kier molecular flexibility index (Phi) is 3.33. The number of halogens is 4. The summed E-state index contributed by atoms with van der Waals surface area (Å²) in [6, 6.07) is 2.77. The minimum Gasteiger partial charge on any atom is -0.433 e. The third-order valence-corrected chi connectivity index (χ3v) is 2.38. The van der Waals surface area contributed by atoms with Crippen molar-refractivity contribution in [3.8, 4) is 5.75 Å². The Balaban J connectivity index is 3.04. The SMILES string of the molecule is Cc1c(Cl)ccc(OC(F)F)c1Cl. The minimum absolute atomic E-state index is 0.0569. The number of hydrogen-bond acceptors (Lipinski definition) is 1. The Labute approximate surface area is 84.2 Å². The van der Waals surface area contributed by atoms with Gasteiger partial charge in [-0.2, -0.15) is 8.78 Å². The van der Waals surface area contributed by atoms with Crippen molar-refractivity contribution in [2.24, 2.45) is 0 Å². The average Bonchev–Trinajstić information content (AvgIpc) is 2.06. The first kappa shape index (κ1) is 10.5. The van der Waals surface area contributed by atoms with Crippen LogP contribution in [0.1, 0.15) is 5.56 Å². The molecular formula is C8H6Cl2F2O. The van der Waals surface area contributed by atoms with Crippen molar-refractivity contribution in [2.75, 3.05) is 0 Å². The van der Waals surface area contributed by atoms with E-state index in [9.17, 15) is 8.78 Å². The molecule has 0 radical (unpaired) electrons. The molecule has 0 saturated carbocycles. The number of hydrogen-bond donors (Lipinski definition) is 0. The smallest absolute Gasteiger partial charge is 0.387 e. The number of rotatable bonds is 2. The van der Waals surface area contributed by atoms with Crippen LogP contribution < -0.4 is 4.74 Å². The van der Waals surface area contributed by atoms with E-state index in [4.69, 9.17) is 23.2 Å². The van der Waals surface area contributed by atoms with Crippen LogP contribution >= 0.6 is 23.2 Å². The highest BCUT2D eigenvalue weighted by Gasteiger charge is 2.11. The maximum atomic E-state index is 11.8. The lowest BCUT2D eigenvalue weighted by atomic mass is 10.2. The highest BCUT2D eigenvalue weighted by atomic mass is 35.5. The van der Waals surface area contributed by atoms with E-state index in [0.29, 0.717) is 10.6 Å². The molecule has 1 aromatic rings. The molecule has 0 atom stereocenters. The zero-order valence-electron chi connectivity index (χ0n) is 6.65. The molecular weight excluding hydrogens is 221 g/mol. The third kappa shape index (κ3) is 2.45. The Morgan fingerprint density at radius 3 is 2.46 bits per heavy atom. The summed E-state index contributed by atoms with van der Waals surface area (Å²) in [5, 5.41) is 0.541. The van der Waals surface area contributed by atoms with Crippen molar-refractivity contribution in [3.05, 3.63) is 27.7 Å². The molecule has 72 valence electrons. The molecule has 1 rings (SSSR count). The summed E-state index contributed by atoms with van der Waals surface area (Å²) in [7, 11) is 0. The van der Waals surface area contributed by atoms with E-state index in [1.165, 1.54) is 12.1 Å². The molecule has 0 bridgehead atoms. The number of ether oxygens (including phenoxy) is 1. The van der Waals surface area contributed by atoms with Crippen molar-refractivity contribution in [1.82, 2.24) is 0 Å². The van der Waals surface area contributed by atoms with Crippen molar-refractivity contribution >= 4 is 23.2 Å². The fourth-order valence-corrected chi connectivity index (χ4v) is 1.24. The van der Waals surface area contributed by atoms with Crippen LogP contribution in [-0.2, 0) is 0 Å². The maximum absolute atomic E-state index is 11.8. The van der Waals surface area contributed by atoms with Crippen LogP contribution in [0.25, 0.3) is 0 Å². The van der Waals surface area contributed by atoms with Gasteiger partial charge in [-0.15, -0.1) is 0 Å². The molecule has 0 heterocycles. The van der Waals surface area contributed by atoms with Gasteiger partial charge in [0.2, 0.25) is 0 Å². The van der Waals surface area contributed by atoms with Crippen molar-refractivity contribution in [3.63, 3.8) is 0 Å². The van der Waals surface area contributed by atoms with Gasteiger partial charge in [0.15, 0.2) is 0 Å². The fraction of sp³-hybridized carbons (Fsp3) is 0.250. The molecule has 0 aliphatic rings. The molecule has 0 fully saturated rings. The number of alkyl halides is 2. The molecule has 1 nitrogen and oxygen atoms in total. The summed E-state index contributed by atoms with van der Waals surface area (Å²) >= 11 is 11.4. The van der Waals surface area contributed by atoms with Gasteiger partial charge in [-0.25, -0.2) is 0 Å². The first-order chi connectivity index (χ1) is 6.02. The standard InChI is InChI=1S/C8H6Cl2F2O/c1-4-5(9)2-3-6(7(4)10)13-8(11)12/h2-3,8H,1H3. The van der Waals surface area contributed by atoms with E-state index in [1.807, 2.05) is 0 Å².